The summed E-state index contributed by atoms with van der Waals surface area (Å²) < 4.78 is 16.2. The summed E-state index contributed by atoms with van der Waals surface area (Å²) in [7, 11) is 3.07. The maximum absolute atomic E-state index is 12.9. The summed E-state index contributed by atoms with van der Waals surface area (Å²) in [5.41, 5.74) is 2.05. The van der Waals surface area contributed by atoms with Crippen molar-refractivity contribution in [3.05, 3.63) is 52.5 Å². The fourth-order valence-electron chi connectivity index (χ4n) is 3.12. The number of benzene rings is 2. The molecule has 1 aliphatic heterocycles. The van der Waals surface area contributed by atoms with Crippen molar-refractivity contribution in [1.82, 2.24) is 5.32 Å². The van der Waals surface area contributed by atoms with Gasteiger partial charge in [0.2, 0.25) is 5.96 Å². The van der Waals surface area contributed by atoms with Gasteiger partial charge >= 0.3 is 0 Å². The molecule has 1 amide bonds. The van der Waals surface area contributed by atoms with E-state index < -0.39 is 0 Å². The zero-order valence-corrected chi connectivity index (χ0v) is 18.1. The summed E-state index contributed by atoms with van der Waals surface area (Å²) in [6.45, 7) is 3.10. The number of guanidine groups is 1. The highest BCUT2D eigenvalue weighted by Crippen LogP contribution is 2.27. The Balaban J connectivity index is 1.81. The third-order valence-electron chi connectivity index (χ3n) is 4.88. The average molecular weight is 432 g/mol. The van der Waals surface area contributed by atoms with Gasteiger partial charge in [0.25, 0.3) is 5.91 Å². The van der Waals surface area contributed by atoms with Crippen LogP contribution in [0.2, 0.25) is 5.02 Å². The molecule has 1 unspecified atom stereocenters. The van der Waals surface area contributed by atoms with Crippen LogP contribution in [-0.4, -0.2) is 45.3 Å². The molecule has 160 valence electrons. The van der Waals surface area contributed by atoms with Gasteiger partial charge in [0.1, 0.15) is 0 Å². The average Bonchev–Trinajstić information content (AvgIpc) is 3.28. The molecule has 1 atom stereocenters. The van der Waals surface area contributed by atoms with E-state index in [1.54, 1.807) is 25.3 Å². The Bertz CT molecular complexity index is 927. The molecule has 2 aromatic rings. The predicted molar refractivity (Wildman–Crippen MR) is 118 cm³/mol. The fraction of sp³-hybridized carbons (Fsp3) is 0.364. The molecule has 3 rings (SSSR count). The van der Waals surface area contributed by atoms with Crippen LogP contribution < -0.4 is 20.1 Å². The summed E-state index contributed by atoms with van der Waals surface area (Å²) in [5, 5.41) is 6.66. The van der Waals surface area contributed by atoms with Gasteiger partial charge in [-0.3, -0.25) is 10.1 Å². The number of methoxy groups -OCH3 is 2. The third kappa shape index (κ3) is 5.43. The zero-order chi connectivity index (χ0) is 21.5. The number of carbonyl (C=O) groups excluding carboxylic acids is 1. The van der Waals surface area contributed by atoms with Gasteiger partial charge in [-0.2, -0.15) is 0 Å². The molecule has 7 nitrogen and oxygen atoms in total. The zero-order valence-electron chi connectivity index (χ0n) is 17.3. The summed E-state index contributed by atoms with van der Waals surface area (Å²) in [5.74, 6) is 1.03. The summed E-state index contributed by atoms with van der Waals surface area (Å²) >= 11 is 6.23. The SMILES string of the molecule is COc1ccc(C(=O)NC(=NCC2CCCO2)Nc2cccc(Cl)c2C)cc1OC. The molecule has 0 saturated carbocycles. The molecule has 30 heavy (non-hydrogen) atoms. The van der Waals surface area contributed by atoms with Crippen LogP contribution in [0.3, 0.4) is 0 Å². The number of hydrogen-bond donors (Lipinski definition) is 2. The molecule has 8 heteroatoms. The van der Waals surface area contributed by atoms with E-state index >= 15 is 0 Å². The number of nitrogens with zero attached hydrogens (tertiary/aromatic N) is 1. The first-order valence-electron chi connectivity index (χ1n) is 9.73. The van der Waals surface area contributed by atoms with Gasteiger partial charge in [-0.05, 0) is 55.7 Å². The van der Waals surface area contributed by atoms with Crippen molar-refractivity contribution in [3.63, 3.8) is 0 Å². The monoisotopic (exact) mass is 431 g/mol. The Morgan fingerprint density at radius 2 is 2.03 bits per heavy atom. The molecule has 2 aromatic carbocycles. The number of anilines is 1. The molecular weight excluding hydrogens is 406 g/mol. The van der Waals surface area contributed by atoms with Crippen molar-refractivity contribution in [2.24, 2.45) is 4.99 Å². The Hall–Kier alpha value is -2.77. The normalized spacial score (nSPS) is 16.3. The van der Waals surface area contributed by atoms with Gasteiger partial charge in [0.05, 0.1) is 26.9 Å². The molecule has 1 fully saturated rings. The molecule has 0 radical (unpaired) electrons. The fourth-order valence-corrected chi connectivity index (χ4v) is 3.29. The second kappa shape index (κ2) is 10.3. The van der Waals surface area contributed by atoms with Crippen molar-refractivity contribution in [2.45, 2.75) is 25.9 Å². The van der Waals surface area contributed by atoms with Gasteiger partial charge in [-0.25, -0.2) is 4.99 Å². The van der Waals surface area contributed by atoms with Crippen LogP contribution in [-0.2, 0) is 4.74 Å². The minimum Gasteiger partial charge on any atom is -0.493 e. The van der Waals surface area contributed by atoms with E-state index in [0.29, 0.717) is 34.6 Å². The number of carbonyl (C=O) groups is 1. The van der Waals surface area contributed by atoms with Gasteiger partial charge < -0.3 is 19.5 Å². The lowest BCUT2D eigenvalue weighted by Gasteiger charge is -2.16. The van der Waals surface area contributed by atoms with Crippen molar-refractivity contribution < 1.29 is 19.0 Å². The number of ether oxygens (including phenoxy) is 3. The highest BCUT2D eigenvalue weighted by Gasteiger charge is 2.17. The first-order valence-corrected chi connectivity index (χ1v) is 10.1. The summed E-state index contributed by atoms with van der Waals surface area (Å²) in [6.07, 6.45) is 2.03. The lowest BCUT2D eigenvalue weighted by Crippen LogP contribution is -2.37. The number of nitrogens with one attached hydrogen (secondary N) is 2. The van der Waals surface area contributed by atoms with Crippen LogP contribution in [0.15, 0.2) is 41.4 Å². The molecule has 2 N–H and O–H groups in total. The van der Waals surface area contributed by atoms with Crippen LogP contribution in [0.1, 0.15) is 28.8 Å². The lowest BCUT2D eigenvalue weighted by molar-refractivity contribution is 0.0975. The van der Waals surface area contributed by atoms with Crippen molar-refractivity contribution in [1.29, 1.82) is 0 Å². The minimum absolute atomic E-state index is 0.0558. The Morgan fingerprint density at radius 3 is 2.73 bits per heavy atom. The van der Waals surface area contributed by atoms with Gasteiger partial charge in [-0.1, -0.05) is 17.7 Å². The maximum Gasteiger partial charge on any atom is 0.258 e. The number of halogens is 1. The second-order valence-corrected chi connectivity index (χ2v) is 7.29. The highest BCUT2D eigenvalue weighted by molar-refractivity contribution is 6.31. The number of amides is 1. The number of aliphatic imine (C=N–C) groups is 1. The molecule has 1 aliphatic rings. The molecule has 1 saturated heterocycles. The van der Waals surface area contributed by atoms with E-state index in [9.17, 15) is 4.79 Å². The molecule has 1 heterocycles. The number of rotatable bonds is 6. The quantitative estimate of drug-likeness (QED) is 0.533. The molecule has 0 aliphatic carbocycles. The van der Waals surface area contributed by atoms with Crippen LogP contribution >= 0.6 is 11.6 Å². The second-order valence-electron chi connectivity index (χ2n) is 6.89. The van der Waals surface area contributed by atoms with Gasteiger partial charge in [0, 0.05) is 22.9 Å². The Kier molecular flexibility index (Phi) is 7.54. The first kappa shape index (κ1) is 21.9. The first-order chi connectivity index (χ1) is 14.5. The van der Waals surface area contributed by atoms with E-state index in [1.165, 1.54) is 7.11 Å². The number of hydrogen-bond acceptors (Lipinski definition) is 5. The van der Waals surface area contributed by atoms with Gasteiger partial charge in [0.15, 0.2) is 11.5 Å². The minimum atomic E-state index is -0.325. The topological polar surface area (TPSA) is 81.2 Å². The molecular formula is C22H26ClN3O4. The van der Waals surface area contributed by atoms with Crippen molar-refractivity contribution >= 4 is 29.2 Å². The highest BCUT2D eigenvalue weighted by atomic mass is 35.5. The summed E-state index contributed by atoms with van der Waals surface area (Å²) in [4.78, 5) is 17.4. The van der Waals surface area contributed by atoms with E-state index in [2.05, 4.69) is 15.6 Å². The molecule has 0 aromatic heterocycles. The van der Waals surface area contributed by atoms with E-state index in [-0.39, 0.29) is 12.0 Å². The van der Waals surface area contributed by atoms with Crippen molar-refractivity contribution in [2.75, 3.05) is 32.7 Å². The largest absolute Gasteiger partial charge is 0.493 e. The van der Waals surface area contributed by atoms with E-state index in [0.717, 1.165) is 30.7 Å². The third-order valence-corrected chi connectivity index (χ3v) is 5.28. The predicted octanol–water partition coefficient (Wildman–Crippen LogP) is 4.04. The van der Waals surface area contributed by atoms with Gasteiger partial charge in [-0.15, -0.1) is 0 Å². The van der Waals surface area contributed by atoms with Crippen molar-refractivity contribution in [3.8, 4) is 11.5 Å². The summed E-state index contributed by atoms with van der Waals surface area (Å²) in [6, 6.07) is 10.5. The molecule has 0 spiro atoms. The van der Waals surface area contributed by atoms with Crippen LogP contribution in [0.4, 0.5) is 5.69 Å². The van der Waals surface area contributed by atoms with E-state index in [4.69, 9.17) is 25.8 Å². The van der Waals surface area contributed by atoms with Crippen LogP contribution in [0, 0.1) is 6.92 Å². The standard InChI is InChI=1S/C22H26ClN3O4/c1-14-17(23)7-4-8-18(14)25-22(24-13-16-6-5-11-30-16)26-21(27)15-9-10-19(28-2)20(12-15)29-3/h4,7-10,12,16H,5-6,11,13H2,1-3H3,(H2,24,25,26,27). The smallest absolute Gasteiger partial charge is 0.258 e. The van der Waals surface area contributed by atoms with E-state index in [1.807, 2.05) is 25.1 Å². The maximum atomic E-state index is 12.9. The van der Waals surface area contributed by atoms with Crippen LogP contribution in [0.25, 0.3) is 0 Å². The lowest BCUT2D eigenvalue weighted by atomic mass is 10.2. The molecule has 0 bridgehead atoms. The Labute approximate surface area is 181 Å². The Morgan fingerprint density at radius 1 is 1.23 bits per heavy atom. The van der Waals surface area contributed by atoms with Crippen LogP contribution in [0.5, 0.6) is 11.5 Å².